The Hall–Kier alpha value is -2.96. The number of rotatable bonds is 2. The molecule has 4 N–H and O–H groups in total. The van der Waals surface area contributed by atoms with Crippen molar-refractivity contribution in [2.24, 2.45) is 0 Å². The summed E-state index contributed by atoms with van der Waals surface area (Å²) in [6.07, 6.45) is 4.69. The van der Waals surface area contributed by atoms with Gasteiger partial charge < -0.3 is 16.0 Å². The molecule has 2 aromatic heterocycles. The fraction of sp³-hybridized carbons (Fsp3) is 0. The molecule has 3 aromatic rings. The summed E-state index contributed by atoms with van der Waals surface area (Å²) in [6, 6.07) is 5.08. The predicted octanol–water partition coefficient (Wildman–Crippen LogP) is 1.36. The number of nitrogen functional groups attached to an aromatic ring is 2. The van der Waals surface area contributed by atoms with Gasteiger partial charge in [0.05, 0.1) is 6.20 Å². The van der Waals surface area contributed by atoms with Crippen LogP contribution < -0.4 is 11.5 Å². The van der Waals surface area contributed by atoms with E-state index in [2.05, 4.69) is 20.1 Å². The van der Waals surface area contributed by atoms with Crippen LogP contribution >= 0.6 is 0 Å². The maximum atomic E-state index is 5.72. The van der Waals surface area contributed by atoms with Crippen molar-refractivity contribution in [1.29, 1.82) is 0 Å². The molecule has 0 aliphatic heterocycles. The quantitative estimate of drug-likeness (QED) is 0.663. The molecule has 0 radical (unpaired) electrons. The van der Waals surface area contributed by atoms with Gasteiger partial charge in [0.2, 0.25) is 5.82 Å². The third-order valence-corrected chi connectivity index (χ3v) is 2.44. The first-order valence-electron chi connectivity index (χ1n) is 5.49. The maximum Gasteiger partial charge on any atom is 0.258 e. The Morgan fingerprint density at radius 3 is 2.47 bits per heavy atom. The van der Waals surface area contributed by atoms with E-state index in [0.29, 0.717) is 34.3 Å². The Kier molecular flexibility index (Phi) is 2.57. The van der Waals surface area contributed by atoms with Gasteiger partial charge in [-0.1, -0.05) is 5.16 Å². The summed E-state index contributed by atoms with van der Waals surface area (Å²) < 4.78 is 5.18. The Balaban J connectivity index is 2.02. The zero-order chi connectivity index (χ0) is 13.2. The smallest absolute Gasteiger partial charge is 0.258 e. The highest BCUT2D eigenvalue weighted by molar-refractivity contribution is 5.67. The molecule has 0 amide bonds. The van der Waals surface area contributed by atoms with E-state index in [-0.39, 0.29) is 0 Å². The standard InChI is InChI=1S/C12H10N6O/c13-8-3-7(4-9(14)5-8)12-17-11(18-19-12)10-6-15-1-2-16-10/h1-6H,13-14H2. The van der Waals surface area contributed by atoms with E-state index in [4.69, 9.17) is 16.0 Å². The van der Waals surface area contributed by atoms with E-state index in [9.17, 15) is 0 Å². The van der Waals surface area contributed by atoms with Crippen molar-refractivity contribution in [2.75, 3.05) is 11.5 Å². The first kappa shape index (κ1) is 11.1. The second kappa shape index (κ2) is 4.37. The van der Waals surface area contributed by atoms with Crippen molar-refractivity contribution in [3.8, 4) is 23.0 Å². The molecule has 19 heavy (non-hydrogen) atoms. The van der Waals surface area contributed by atoms with Gasteiger partial charge in [-0.25, -0.2) is 4.98 Å². The van der Waals surface area contributed by atoms with Gasteiger partial charge in [0, 0.05) is 29.3 Å². The molecule has 0 bridgehead atoms. The molecule has 1 aromatic carbocycles. The Morgan fingerprint density at radius 1 is 1.00 bits per heavy atom. The van der Waals surface area contributed by atoms with Crippen molar-refractivity contribution < 1.29 is 4.52 Å². The van der Waals surface area contributed by atoms with Crippen LogP contribution in [0.3, 0.4) is 0 Å². The number of nitrogens with two attached hydrogens (primary N) is 2. The number of hydrogen-bond donors (Lipinski definition) is 2. The Labute approximate surface area is 108 Å². The lowest BCUT2D eigenvalue weighted by molar-refractivity contribution is 0.432. The molecule has 7 heteroatoms. The van der Waals surface area contributed by atoms with Gasteiger partial charge in [-0.2, -0.15) is 4.98 Å². The lowest BCUT2D eigenvalue weighted by Gasteiger charge is -1.99. The van der Waals surface area contributed by atoms with E-state index in [1.54, 1.807) is 36.8 Å². The van der Waals surface area contributed by atoms with Crippen LogP contribution in [0.4, 0.5) is 11.4 Å². The molecule has 3 rings (SSSR count). The van der Waals surface area contributed by atoms with Crippen LogP contribution in [0.25, 0.3) is 23.0 Å². The number of aromatic nitrogens is 4. The molecule has 94 valence electrons. The minimum absolute atomic E-state index is 0.333. The minimum atomic E-state index is 0.333. The normalized spacial score (nSPS) is 10.5. The average Bonchev–Trinajstić information content (AvgIpc) is 2.88. The first-order chi connectivity index (χ1) is 9.22. The van der Waals surface area contributed by atoms with Crippen LogP contribution in [0.2, 0.25) is 0 Å². The summed E-state index contributed by atoms with van der Waals surface area (Å²) >= 11 is 0. The van der Waals surface area contributed by atoms with Gasteiger partial charge in [0.15, 0.2) is 0 Å². The maximum absolute atomic E-state index is 5.72. The van der Waals surface area contributed by atoms with Crippen molar-refractivity contribution in [3.05, 3.63) is 36.8 Å². The van der Waals surface area contributed by atoms with Gasteiger partial charge in [-0.15, -0.1) is 0 Å². The SMILES string of the molecule is Nc1cc(N)cc(-c2nc(-c3cnccn3)no2)c1. The summed E-state index contributed by atoms with van der Waals surface area (Å²) in [4.78, 5) is 12.3. The highest BCUT2D eigenvalue weighted by atomic mass is 16.5. The average molecular weight is 254 g/mol. The number of hydrogen-bond acceptors (Lipinski definition) is 7. The van der Waals surface area contributed by atoms with Crippen LogP contribution in [-0.4, -0.2) is 20.1 Å². The summed E-state index contributed by atoms with van der Waals surface area (Å²) in [5, 5.41) is 3.85. The van der Waals surface area contributed by atoms with E-state index in [1.807, 2.05) is 0 Å². The predicted molar refractivity (Wildman–Crippen MR) is 69.6 cm³/mol. The fourth-order valence-corrected chi connectivity index (χ4v) is 1.66. The zero-order valence-electron chi connectivity index (χ0n) is 9.82. The molecular formula is C12H10N6O. The Morgan fingerprint density at radius 2 is 1.79 bits per heavy atom. The lowest BCUT2D eigenvalue weighted by Crippen LogP contribution is -1.91. The molecule has 0 atom stereocenters. The highest BCUT2D eigenvalue weighted by Crippen LogP contribution is 2.24. The van der Waals surface area contributed by atoms with Gasteiger partial charge in [-0.05, 0) is 18.2 Å². The summed E-state index contributed by atoms with van der Waals surface area (Å²) in [5.41, 5.74) is 13.7. The molecule has 0 unspecified atom stereocenters. The van der Waals surface area contributed by atoms with Crippen LogP contribution in [0.1, 0.15) is 0 Å². The second-order valence-electron chi connectivity index (χ2n) is 3.90. The third kappa shape index (κ3) is 2.21. The molecule has 0 aliphatic rings. The molecule has 0 saturated carbocycles. The van der Waals surface area contributed by atoms with Crippen LogP contribution in [0, 0.1) is 0 Å². The molecule has 2 heterocycles. The summed E-state index contributed by atoms with van der Waals surface area (Å²) in [7, 11) is 0. The van der Waals surface area contributed by atoms with Crippen LogP contribution in [0.15, 0.2) is 41.3 Å². The van der Waals surface area contributed by atoms with Crippen molar-refractivity contribution >= 4 is 11.4 Å². The van der Waals surface area contributed by atoms with E-state index >= 15 is 0 Å². The second-order valence-corrected chi connectivity index (χ2v) is 3.90. The number of benzene rings is 1. The monoisotopic (exact) mass is 254 g/mol. The Bertz CT molecular complexity index is 689. The molecule has 7 nitrogen and oxygen atoms in total. The molecule has 0 saturated heterocycles. The van der Waals surface area contributed by atoms with Gasteiger partial charge in [-0.3, -0.25) is 4.98 Å². The van der Waals surface area contributed by atoms with Crippen molar-refractivity contribution in [2.45, 2.75) is 0 Å². The van der Waals surface area contributed by atoms with Crippen molar-refractivity contribution in [1.82, 2.24) is 20.1 Å². The van der Waals surface area contributed by atoms with Crippen LogP contribution in [-0.2, 0) is 0 Å². The fourth-order valence-electron chi connectivity index (χ4n) is 1.66. The topological polar surface area (TPSA) is 117 Å². The highest BCUT2D eigenvalue weighted by Gasteiger charge is 2.12. The van der Waals surface area contributed by atoms with Crippen LogP contribution in [0.5, 0.6) is 0 Å². The summed E-state index contributed by atoms with van der Waals surface area (Å²) in [6.45, 7) is 0. The first-order valence-corrected chi connectivity index (χ1v) is 5.49. The zero-order valence-corrected chi connectivity index (χ0v) is 9.82. The molecular weight excluding hydrogens is 244 g/mol. The molecule has 0 spiro atoms. The number of nitrogens with zero attached hydrogens (tertiary/aromatic N) is 4. The largest absolute Gasteiger partial charge is 0.399 e. The third-order valence-electron chi connectivity index (χ3n) is 2.44. The molecule has 0 fully saturated rings. The summed E-state index contributed by atoms with van der Waals surface area (Å²) in [5.74, 6) is 0.698. The minimum Gasteiger partial charge on any atom is -0.399 e. The molecule has 0 aliphatic carbocycles. The lowest BCUT2D eigenvalue weighted by atomic mass is 10.2. The number of anilines is 2. The van der Waals surface area contributed by atoms with Gasteiger partial charge in [0.1, 0.15) is 5.69 Å². The van der Waals surface area contributed by atoms with E-state index < -0.39 is 0 Å². The van der Waals surface area contributed by atoms with E-state index in [1.165, 1.54) is 0 Å². The van der Waals surface area contributed by atoms with Gasteiger partial charge in [0.25, 0.3) is 5.89 Å². The van der Waals surface area contributed by atoms with E-state index in [0.717, 1.165) is 0 Å². The van der Waals surface area contributed by atoms with Crippen molar-refractivity contribution in [3.63, 3.8) is 0 Å². The van der Waals surface area contributed by atoms with Gasteiger partial charge >= 0.3 is 0 Å².